The molecule has 1 N–H and O–H groups in total. The molecule has 7 heteroatoms. The summed E-state index contributed by atoms with van der Waals surface area (Å²) in [6.45, 7) is 1.67. The lowest BCUT2D eigenvalue weighted by Gasteiger charge is -2.13. The van der Waals surface area contributed by atoms with Gasteiger partial charge in [-0.25, -0.2) is 0 Å². The Labute approximate surface area is 130 Å². The molecule has 0 spiro atoms. The van der Waals surface area contributed by atoms with Crippen LogP contribution in [0.3, 0.4) is 0 Å². The molecule has 0 saturated heterocycles. The van der Waals surface area contributed by atoms with E-state index in [1.165, 1.54) is 0 Å². The molecule has 0 bridgehead atoms. The predicted molar refractivity (Wildman–Crippen MR) is 80.3 cm³/mol. The highest BCUT2D eigenvalue weighted by Crippen LogP contribution is 2.40. The van der Waals surface area contributed by atoms with Gasteiger partial charge in [0.05, 0.1) is 21.6 Å². The highest BCUT2D eigenvalue weighted by molar-refractivity contribution is 6.37. The zero-order chi connectivity index (χ0) is 15.6. The summed E-state index contributed by atoms with van der Waals surface area (Å²) in [6.07, 6.45) is 0. The van der Waals surface area contributed by atoms with Crippen LogP contribution in [0.2, 0.25) is 10.0 Å². The average Bonchev–Trinajstić information content (AvgIpc) is 2.43. The van der Waals surface area contributed by atoms with Crippen molar-refractivity contribution < 1.29 is 14.8 Å². The maximum Gasteiger partial charge on any atom is 0.272 e. The molecule has 0 heterocycles. The van der Waals surface area contributed by atoms with Crippen LogP contribution in [0.5, 0.6) is 11.5 Å². The molecule has 5 nitrogen and oxygen atoms in total. The fourth-order valence-electron chi connectivity index (χ4n) is 1.79. The van der Waals surface area contributed by atoms with Gasteiger partial charge in [-0.3, -0.25) is 10.1 Å². The Morgan fingerprint density at radius 2 is 1.86 bits per heavy atom. The van der Waals surface area contributed by atoms with Gasteiger partial charge in [0, 0.05) is 17.7 Å². The largest absolute Gasteiger partial charge is 0.454 e. The van der Waals surface area contributed by atoms with Crippen molar-refractivity contribution in [2.24, 2.45) is 0 Å². The van der Waals surface area contributed by atoms with E-state index in [1.807, 2.05) is 13.0 Å². The van der Waals surface area contributed by atoms with Crippen molar-refractivity contribution in [3.05, 3.63) is 61.6 Å². The molecule has 0 aliphatic carbocycles. The number of rotatable bonds is 4. The van der Waals surface area contributed by atoms with Gasteiger partial charge in [-0.05, 0) is 13.0 Å². The molecule has 0 unspecified atom stereocenters. The van der Waals surface area contributed by atoms with Gasteiger partial charge in [0.1, 0.15) is 5.75 Å². The number of aryl methyl sites for hydroxylation is 1. The molecule has 0 radical (unpaired) electrons. The summed E-state index contributed by atoms with van der Waals surface area (Å²) in [4.78, 5) is 10.1. The van der Waals surface area contributed by atoms with Gasteiger partial charge in [0.25, 0.3) is 5.69 Å². The number of aliphatic hydroxyl groups is 1. The van der Waals surface area contributed by atoms with E-state index in [0.29, 0.717) is 11.3 Å². The number of nitrogens with zero attached hydrogens (tertiary/aromatic N) is 1. The zero-order valence-corrected chi connectivity index (χ0v) is 12.5. The molecule has 110 valence electrons. The smallest absolute Gasteiger partial charge is 0.272 e. The zero-order valence-electron chi connectivity index (χ0n) is 11.0. The Balaban J connectivity index is 2.43. The minimum absolute atomic E-state index is 0.0265. The van der Waals surface area contributed by atoms with Crippen LogP contribution in [-0.4, -0.2) is 10.0 Å². The van der Waals surface area contributed by atoms with Crippen molar-refractivity contribution in [1.29, 1.82) is 0 Å². The molecule has 2 aromatic carbocycles. The minimum atomic E-state index is -0.591. The highest BCUT2D eigenvalue weighted by atomic mass is 35.5. The van der Waals surface area contributed by atoms with Gasteiger partial charge >= 0.3 is 0 Å². The topological polar surface area (TPSA) is 72.6 Å². The van der Waals surface area contributed by atoms with Crippen LogP contribution in [-0.2, 0) is 6.61 Å². The monoisotopic (exact) mass is 327 g/mol. The first-order valence-electron chi connectivity index (χ1n) is 5.94. The van der Waals surface area contributed by atoms with E-state index in [1.54, 1.807) is 12.1 Å². The van der Waals surface area contributed by atoms with E-state index < -0.39 is 4.92 Å². The third-order valence-electron chi connectivity index (χ3n) is 2.79. The molecular formula is C14H11Cl2NO4. The van der Waals surface area contributed by atoms with Crippen LogP contribution >= 0.6 is 23.2 Å². The Hall–Kier alpha value is -1.82. The van der Waals surface area contributed by atoms with Gasteiger partial charge in [0.2, 0.25) is 0 Å². The molecule has 0 aromatic heterocycles. The normalized spacial score (nSPS) is 10.5. The van der Waals surface area contributed by atoms with Gasteiger partial charge in [-0.1, -0.05) is 40.9 Å². The predicted octanol–water partition coefficient (Wildman–Crippen LogP) is 4.49. The molecule has 21 heavy (non-hydrogen) atoms. The van der Waals surface area contributed by atoms with Gasteiger partial charge < -0.3 is 9.84 Å². The molecule has 2 aromatic rings. The Bertz CT molecular complexity index is 680. The molecular weight excluding hydrogens is 317 g/mol. The first-order chi connectivity index (χ1) is 9.92. The van der Waals surface area contributed by atoms with E-state index in [-0.39, 0.29) is 28.1 Å². The lowest BCUT2D eigenvalue weighted by molar-refractivity contribution is -0.384. The molecule has 0 fully saturated rings. The third kappa shape index (κ3) is 3.44. The summed E-state index contributed by atoms with van der Waals surface area (Å²) < 4.78 is 5.61. The molecule has 0 aliphatic heterocycles. The summed E-state index contributed by atoms with van der Waals surface area (Å²) in [5.74, 6) is 0.503. The fourth-order valence-corrected chi connectivity index (χ4v) is 2.34. The van der Waals surface area contributed by atoms with E-state index in [4.69, 9.17) is 27.9 Å². The first kappa shape index (κ1) is 15.6. The Kier molecular flexibility index (Phi) is 4.67. The van der Waals surface area contributed by atoms with E-state index in [2.05, 4.69) is 0 Å². The number of benzene rings is 2. The van der Waals surface area contributed by atoms with Crippen LogP contribution < -0.4 is 4.74 Å². The second kappa shape index (κ2) is 6.30. The number of halogens is 2. The van der Waals surface area contributed by atoms with Crippen molar-refractivity contribution >= 4 is 28.9 Å². The lowest BCUT2D eigenvalue weighted by Crippen LogP contribution is -1.95. The first-order valence-corrected chi connectivity index (χ1v) is 6.69. The van der Waals surface area contributed by atoms with Gasteiger partial charge in [-0.2, -0.15) is 0 Å². The fraction of sp³-hybridized carbons (Fsp3) is 0.143. The number of hydrogen-bond donors (Lipinski definition) is 1. The van der Waals surface area contributed by atoms with E-state index in [9.17, 15) is 15.2 Å². The number of aliphatic hydroxyl groups excluding tert-OH is 1. The SMILES string of the molecule is Cc1ccc(Oc2c(Cl)cc([N+](=O)[O-])cc2Cl)c(CO)c1. The maximum atomic E-state index is 10.7. The maximum absolute atomic E-state index is 10.7. The van der Waals surface area contributed by atoms with E-state index in [0.717, 1.165) is 17.7 Å². The average molecular weight is 328 g/mol. The van der Waals surface area contributed by atoms with Crippen LogP contribution in [0, 0.1) is 17.0 Å². The summed E-state index contributed by atoms with van der Waals surface area (Å²) >= 11 is 12.0. The quantitative estimate of drug-likeness (QED) is 0.663. The standard InChI is InChI=1S/C14H11Cl2NO4/c1-8-2-3-13(9(4-8)7-18)21-14-11(15)5-10(17(19)20)6-12(14)16/h2-6,18H,7H2,1H3. The lowest BCUT2D eigenvalue weighted by atomic mass is 10.1. The Morgan fingerprint density at radius 1 is 1.24 bits per heavy atom. The number of ether oxygens (including phenoxy) is 1. The van der Waals surface area contributed by atoms with Crippen molar-refractivity contribution in [2.45, 2.75) is 13.5 Å². The third-order valence-corrected chi connectivity index (χ3v) is 3.35. The summed E-state index contributed by atoms with van der Waals surface area (Å²) in [5, 5.41) is 20.1. The molecule has 0 saturated carbocycles. The second-order valence-corrected chi connectivity index (χ2v) is 5.18. The number of hydrogen-bond acceptors (Lipinski definition) is 4. The highest BCUT2D eigenvalue weighted by Gasteiger charge is 2.17. The van der Waals surface area contributed by atoms with Crippen molar-refractivity contribution in [3.63, 3.8) is 0 Å². The van der Waals surface area contributed by atoms with Crippen LogP contribution in [0.15, 0.2) is 30.3 Å². The molecule has 2 rings (SSSR count). The van der Waals surface area contributed by atoms with Gasteiger partial charge in [0.15, 0.2) is 5.75 Å². The van der Waals surface area contributed by atoms with Crippen molar-refractivity contribution in [1.82, 2.24) is 0 Å². The summed E-state index contributed by atoms with van der Waals surface area (Å²) in [7, 11) is 0. The van der Waals surface area contributed by atoms with Crippen molar-refractivity contribution in [3.8, 4) is 11.5 Å². The second-order valence-electron chi connectivity index (χ2n) is 4.37. The Morgan fingerprint density at radius 3 is 2.38 bits per heavy atom. The molecule has 0 aliphatic rings. The molecule has 0 amide bonds. The van der Waals surface area contributed by atoms with Crippen molar-refractivity contribution in [2.75, 3.05) is 0 Å². The summed E-state index contributed by atoms with van der Waals surface area (Å²) in [5.41, 5.74) is 1.32. The number of non-ortho nitro benzene ring substituents is 1. The van der Waals surface area contributed by atoms with Crippen LogP contribution in [0.1, 0.15) is 11.1 Å². The molecule has 0 atom stereocenters. The van der Waals surface area contributed by atoms with Crippen LogP contribution in [0.4, 0.5) is 5.69 Å². The van der Waals surface area contributed by atoms with E-state index >= 15 is 0 Å². The summed E-state index contributed by atoms with van der Waals surface area (Å²) in [6, 6.07) is 7.57. The van der Waals surface area contributed by atoms with Gasteiger partial charge in [-0.15, -0.1) is 0 Å². The number of nitro benzene ring substituents is 1. The van der Waals surface area contributed by atoms with Crippen LogP contribution in [0.25, 0.3) is 0 Å². The minimum Gasteiger partial charge on any atom is -0.454 e. The number of nitro groups is 1.